The van der Waals surface area contributed by atoms with Crippen LogP contribution in [-0.2, 0) is 0 Å². The maximum Gasteiger partial charge on any atom is 0.150 e. The maximum absolute atomic E-state index is 5.94. The smallest absolute Gasteiger partial charge is 0.150 e. The monoisotopic (exact) mass is 267 g/mol. The molecule has 0 saturated carbocycles. The zero-order valence-electron chi connectivity index (χ0n) is 9.21. The third-order valence-electron chi connectivity index (χ3n) is 2.33. The van der Waals surface area contributed by atoms with Crippen molar-refractivity contribution in [1.82, 2.24) is 0 Å². The quantitative estimate of drug-likeness (QED) is 0.803. The van der Waals surface area contributed by atoms with Gasteiger partial charge in [-0.1, -0.05) is 23.2 Å². The van der Waals surface area contributed by atoms with Crippen molar-refractivity contribution >= 4 is 28.9 Å². The van der Waals surface area contributed by atoms with Gasteiger partial charge >= 0.3 is 0 Å². The van der Waals surface area contributed by atoms with Crippen LogP contribution in [0.15, 0.2) is 36.4 Å². The molecule has 88 valence electrons. The Morgan fingerprint density at radius 3 is 2.47 bits per heavy atom. The topological polar surface area (TPSA) is 35.2 Å². The summed E-state index contributed by atoms with van der Waals surface area (Å²) in [7, 11) is 0. The molecule has 0 aliphatic rings. The summed E-state index contributed by atoms with van der Waals surface area (Å²) < 4.78 is 5.66. The van der Waals surface area contributed by atoms with Gasteiger partial charge in [-0.2, -0.15) is 0 Å². The lowest BCUT2D eigenvalue weighted by Crippen LogP contribution is -1.92. The fraction of sp³-hybridized carbons (Fsp3) is 0.0769. The number of rotatable bonds is 2. The Bertz CT molecular complexity index is 555. The van der Waals surface area contributed by atoms with Crippen LogP contribution < -0.4 is 10.5 Å². The minimum Gasteiger partial charge on any atom is -0.455 e. The molecule has 0 bridgehead atoms. The molecule has 17 heavy (non-hydrogen) atoms. The number of ether oxygens (including phenoxy) is 1. The highest BCUT2D eigenvalue weighted by Gasteiger charge is 2.04. The van der Waals surface area contributed by atoms with E-state index in [0.717, 1.165) is 5.56 Å². The second-order valence-electron chi connectivity index (χ2n) is 3.70. The van der Waals surface area contributed by atoms with Crippen LogP contribution in [0, 0.1) is 6.92 Å². The molecular weight excluding hydrogens is 257 g/mol. The Kier molecular flexibility index (Phi) is 3.46. The zero-order valence-corrected chi connectivity index (χ0v) is 10.7. The SMILES string of the molecule is Cc1cc(Oc2ccc(Cl)cc2N)ccc1Cl. The van der Waals surface area contributed by atoms with Crippen LogP contribution in [0.4, 0.5) is 5.69 Å². The molecule has 0 aliphatic heterocycles. The highest BCUT2D eigenvalue weighted by Crippen LogP contribution is 2.31. The van der Waals surface area contributed by atoms with Gasteiger partial charge in [-0.25, -0.2) is 0 Å². The zero-order chi connectivity index (χ0) is 12.4. The number of aryl methyl sites for hydroxylation is 1. The lowest BCUT2D eigenvalue weighted by Gasteiger charge is -2.09. The second-order valence-corrected chi connectivity index (χ2v) is 4.54. The van der Waals surface area contributed by atoms with Gasteiger partial charge in [0.1, 0.15) is 11.5 Å². The minimum atomic E-state index is 0.505. The second kappa shape index (κ2) is 4.86. The van der Waals surface area contributed by atoms with Gasteiger partial charge in [0.05, 0.1) is 5.69 Å². The maximum atomic E-state index is 5.94. The average molecular weight is 268 g/mol. The fourth-order valence-corrected chi connectivity index (χ4v) is 1.72. The standard InChI is InChI=1S/C13H11Cl2NO/c1-8-6-10(3-4-11(8)15)17-13-5-2-9(14)7-12(13)16/h2-7H,16H2,1H3. The van der Waals surface area contributed by atoms with E-state index in [0.29, 0.717) is 27.2 Å². The van der Waals surface area contributed by atoms with Crippen LogP contribution in [0.3, 0.4) is 0 Å². The lowest BCUT2D eigenvalue weighted by atomic mass is 10.2. The van der Waals surface area contributed by atoms with Gasteiger partial charge in [0.2, 0.25) is 0 Å². The Hall–Kier alpha value is -1.38. The number of nitrogens with two attached hydrogens (primary N) is 1. The third kappa shape index (κ3) is 2.84. The number of halogens is 2. The van der Waals surface area contributed by atoms with E-state index in [9.17, 15) is 0 Å². The summed E-state index contributed by atoms with van der Waals surface area (Å²) in [5.41, 5.74) is 7.26. The van der Waals surface area contributed by atoms with Crippen molar-refractivity contribution < 1.29 is 4.74 Å². The Morgan fingerprint density at radius 2 is 1.82 bits per heavy atom. The van der Waals surface area contributed by atoms with Crippen molar-refractivity contribution in [2.45, 2.75) is 6.92 Å². The van der Waals surface area contributed by atoms with E-state index < -0.39 is 0 Å². The summed E-state index contributed by atoms with van der Waals surface area (Å²) in [5, 5.41) is 1.29. The molecule has 0 atom stereocenters. The Labute approximate surface area is 110 Å². The summed E-state index contributed by atoms with van der Waals surface area (Å²) in [4.78, 5) is 0. The van der Waals surface area contributed by atoms with E-state index in [1.54, 1.807) is 30.3 Å². The molecular formula is C13H11Cl2NO. The van der Waals surface area contributed by atoms with Crippen LogP contribution in [0.2, 0.25) is 10.0 Å². The molecule has 0 radical (unpaired) electrons. The van der Waals surface area contributed by atoms with Crippen LogP contribution in [-0.4, -0.2) is 0 Å². The molecule has 2 aromatic rings. The lowest BCUT2D eigenvalue weighted by molar-refractivity contribution is 0.484. The molecule has 0 spiro atoms. The van der Waals surface area contributed by atoms with Crippen molar-refractivity contribution in [2.75, 3.05) is 5.73 Å². The fourth-order valence-electron chi connectivity index (χ4n) is 1.42. The summed E-state index contributed by atoms with van der Waals surface area (Å²) in [6.07, 6.45) is 0. The number of benzene rings is 2. The van der Waals surface area contributed by atoms with Crippen molar-refractivity contribution in [2.24, 2.45) is 0 Å². The average Bonchev–Trinajstić information content (AvgIpc) is 2.27. The summed E-state index contributed by atoms with van der Waals surface area (Å²) in [6, 6.07) is 10.6. The van der Waals surface area contributed by atoms with Crippen molar-refractivity contribution in [3.8, 4) is 11.5 Å². The third-order valence-corrected chi connectivity index (χ3v) is 2.99. The molecule has 2 nitrogen and oxygen atoms in total. The number of hydrogen-bond acceptors (Lipinski definition) is 2. The predicted octanol–water partition coefficient (Wildman–Crippen LogP) is 4.68. The largest absolute Gasteiger partial charge is 0.455 e. The van der Waals surface area contributed by atoms with Crippen molar-refractivity contribution in [3.63, 3.8) is 0 Å². The van der Waals surface area contributed by atoms with Gasteiger partial charge in [0.25, 0.3) is 0 Å². The van der Waals surface area contributed by atoms with E-state index in [2.05, 4.69) is 0 Å². The molecule has 0 unspecified atom stereocenters. The number of hydrogen-bond donors (Lipinski definition) is 1. The first kappa shape index (κ1) is 12.1. The Morgan fingerprint density at radius 1 is 1.06 bits per heavy atom. The van der Waals surface area contributed by atoms with Crippen molar-refractivity contribution in [1.29, 1.82) is 0 Å². The highest BCUT2D eigenvalue weighted by atomic mass is 35.5. The van der Waals surface area contributed by atoms with Crippen LogP contribution in [0.5, 0.6) is 11.5 Å². The molecule has 0 amide bonds. The number of anilines is 1. The van der Waals surface area contributed by atoms with Gasteiger partial charge in [0.15, 0.2) is 0 Å². The van der Waals surface area contributed by atoms with Gasteiger partial charge in [-0.15, -0.1) is 0 Å². The summed E-state index contributed by atoms with van der Waals surface area (Å²) in [6.45, 7) is 1.92. The predicted molar refractivity (Wildman–Crippen MR) is 72.1 cm³/mol. The van der Waals surface area contributed by atoms with E-state index in [4.69, 9.17) is 33.7 Å². The molecule has 0 heterocycles. The first-order chi connectivity index (χ1) is 8.06. The normalized spacial score (nSPS) is 10.3. The summed E-state index contributed by atoms with van der Waals surface area (Å²) >= 11 is 11.8. The van der Waals surface area contributed by atoms with Crippen LogP contribution >= 0.6 is 23.2 Å². The van der Waals surface area contributed by atoms with Crippen molar-refractivity contribution in [3.05, 3.63) is 52.0 Å². The van der Waals surface area contributed by atoms with Gasteiger partial charge < -0.3 is 10.5 Å². The summed E-state index contributed by atoms with van der Waals surface area (Å²) in [5.74, 6) is 1.28. The van der Waals surface area contributed by atoms with Crippen LogP contribution in [0.25, 0.3) is 0 Å². The first-order valence-electron chi connectivity index (χ1n) is 5.05. The number of nitrogen functional groups attached to an aromatic ring is 1. The Balaban J connectivity index is 2.28. The van der Waals surface area contributed by atoms with Gasteiger partial charge in [-0.3, -0.25) is 0 Å². The molecule has 0 saturated heterocycles. The van der Waals surface area contributed by atoms with Crippen LogP contribution in [0.1, 0.15) is 5.56 Å². The van der Waals surface area contributed by atoms with E-state index in [1.165, 1.54) is 0 Å². The first-order valence-corrected chi connectivity index (χ1v) is 5.81. The van der Waals surface area contributed by atoms with E-state index >= 15 is 0 Å². The minimum absolute atomic E-state index is 0.505. The molecule has 0 aliphatic carbocycles. The molecule has 2 N–H and O–H groups in total. The molecule has 2 rings (SSSR count). The molecule has 4 heteroatoms. The van der Waals surface area contributed by atoms with E-state index in [-0.39, 0.29) is 0 Å². The van der Waals surface area contributed by atoms with Gasteiger partial charge in [0, 0.05) is 10.0 Å². The molecule has 0 fully saturated rings. The van der Waals surface area contributed by atoms with Gasteiger partial charge in [-0.05, 0) is 48.9 Å². The highest BCUT2D eigenvalue weighted by molar-refractivity contribution is 6.31. The van der Waals surface area contributed by atoms with E-state index in [1.807, 2.05) is 13.0 Å². The molecule has 2 aromatic carbocycles. The molecule has 0 aromatic heterocycles.